The number of hydrogen-bond donors (Lipinski definition) is 2. The third-order valence-electron chi connectivity index (χ3n) is 4.14. The Hall–Kier alpha value is -3.18. The molecule has 156 valence electrons. The van der Waals surface area contributed by atoms with Crippen LogP contribution in [0.1, 0.15) is 48.5 Å². The lowest BCUT2D eigenvalue weighted by atomic mass is 10.0. The topological polar surface area (TPSA) is 68.0 Å². The van der Waals surface area contributed by atoms with Gasteiger partial charge in [0.1, 0.15) is 10.7 Å². The number of ketones is 1. The van der Waals surface area contributed by atoms with Crippen molar-refractivity contribution in [2.45, 2.75) is 34.6 Å². The Morgan fingerprint density at radius 3 is 2.30 bits per heavy atom. The number of nitrogens with two attached hydrogens (primary N) is 1. The predicted molar refractivity (Wildman–Crippen MR) is 131 cm³/mol. The predicted octanol–water partition coefficient (Wildman–Crippen LogP) is 7.21. The van der Waals surface area contributed by atoms with Gasteiger partial charge in [-0.25, -0.2) is 4.98 Å². The van der Waals surface area contributed by atoms with Crippen molar-refractivity contribution in [3.8, 4) is 0 Å². The Kier molecular flexibility index (Phi) is 8.56. The molecule has 0 aliphatic rings. The number of nitrogen functional groups attached to an aromatic ring is 1. The summed E-state index contributed by atoms with van der Waals surface area (Å²) >= 11 is 1.27. The van der Waals surface area contributed by atoms with Crippen molar-refractivity contribution in [2.75, 3.05) is 11.1 Å². The largest absolute Gasteiger partial charge is 0.382 e. The Labute approximate surface area is 182 Å². The van der Waals surface area contributed by atoms with Crippen LogP contribution in [-0.4, -0.2) is 10.8 Å². The molecule has 1 aromatic heterocycles. The van der Waals surface area contributed by atoms with E-state index < -0.39 is 0 Å². The van der Waals surface area contributed by atoms with E-state index in [4.69, 9.17) is 5.73 Å². The molecule has 0 aliphatic carbocycles. The molecule has 0 spiro atoms. The Morgan fingerprint density at radius 1 is 0.900 bits per heavy atom. The van der Waals surface area contributed by atoms with Crippen molar-refractivity contribution < 1.29 is 4.79 Å². The monoisotopic (exact) mass is 419 g/mol. The maximum Gasteiger partial charge on any atom is 0.206 e. The minimum atomic E-state index is -0.108. The lowest BCUT2D eigenvalue weighted by molar-refractivity contribution is 0.104. The minimum absolute atomic E-state index is 0.108. The van der Waals surface area contributed by atoms with Crippen molar-refractivity contribution in [3.63, 3.8) is 0 Å². The van der Waals surface area contributed by atoms with Crippen LogP contribution in [0.25, 0.3) is 10.8 Å². The molecular formula is C25H29N3OS. The molecule has 5 heteroatoms. The molecule has 0 fully saturated rings. The fraction of sp³-hybridized carbons (Fsp3) is 0.200. The van der Waals surface area contributed by atoms with E-state index in [9.17, 15) is 4.79 Å². The molecule has 0 saturated heterocycles. The van der Waals surface area contributed by atoms with E-state index >= 15 is 0 Å². The smallest absolute Gasteiger partial charge is 0.206 e. The van der Waals surface area contributed by atoms with Gasteiger partial charge in [-0.1, -0.05) is 87.6 Å². The van der Waals surface area contributed by atoms with Crippen molar-refractivity contribution >= 4 is 44.5 Å². The summed E-state index contributed by atoms with van der Waals surface area (Å²) in [6.45, 7) is 10.0. The summed E-state index contributed by atoms with van der Waals surface area (Å²) in [6, 6.07) is 21.6. The molecule has 4 rings (SSSR count). The first-order valence-electron chi connectivity index (χ1n) is 10.2. The molecule has 0 aliphatic heterocycles. The molecule has 3 N–H and O–H groups in total. The van der Waals surface area contributed by atoms with Gasteiger partial charge in [0, 0.05) is 11.3 Å². The van der Waals surface area contributed by atoms with Gasteiger partial charge in [0.15, 0.2) is 5.13 Å². The van der Waals surface area contributed by atoms with Crippen LogP contribution in [0.15, 0.2) is 66.7 Å². The summed E-state index contributed by atoms with van der Waals surface area (Å²) in [5.41, 5.74) is 8.69. The van der Waals surface area contributed by atoms with Gasteiger partial charge in [-0.05, 0) is 41.5 Å². The second-order valence-corrected chi connectivity index (χ2v) is 7.12. The summed E-state index contributed by atoms with van der Waals surface area (Å²) in [6.07, 6.45) is 0. The average Bonchev–Trinajstić information content (AvgIpc) is 3.15. The molecule has 4 aromatic rings. The molecule has 30 heavy (non-hydrogen) atoms. The SMILES string of the molecule is CC.CC.Cc1cccc(Nc2nc(N)c(C(=O)c3ccc4ccccc4c3)s2)c1. The maximum absolute atomic E-state index is 12.9. The zero-order valence-corrected chi connectivity index (χ0v) is 19.0. The molecule has 0 radical (unpaired) electrons. The van der Waals surface area contributed by atoms with E-state index in [-0.39, 0.29) is 11.6 Å². The van der Waals surface area contributed by atoms with Crippen molar-refractivity contribution in [3.05, 3.63) is 82.7 Å². The van der Waals surface area contributed by atoms with E-state index in [0.717, 1.165) is 22.0 Å². The summed E-state index contributed by atoms with van der Waals surface area (Å²) in [5.74, 6) is 0.145. The highest BCUT2D eigenvalue weighted by Crippen LogP contribution is 2.30. The summed E-state index contributed by atoms with van der Waals surface area (Å²) in [5, 5.41) is 5.95. The Bertz CT molecular complexity index is 1120. The first-order valence-corrected chi connectivity index (χ1v) is 11.1. The van der Waals surface area contributed by atoms with E-state index in [1.165, 1.54) is 11.3 Å². The summed E-state index contributed by atoms with van der Waals surface area (Å²) in [7, 11) is 0. The molecule has 0 unspecified atom stereocenters. The maximum atomic E-state index is 12.9. The molecule has 4 nitrogen and oxygen atoms in total. The second-order valence-electron chi connectivity index (χ2n) is 6.12. The van der Waals surface area contributed by atoms with E-state index in [0.29, 0.717) is 15.6 Å². The Balaban J connectivity index is 0.000000757. The highest BCUT2D eigenvalue weighted by molar-refractivity contribution is 7.18. The number of rotatable bonds is 4. The quantitative estimate of drug-likeness (QED) is 0.343. The van der Waals surface area contributed by atoms with Gasteiger partial charge in [0.2, 0.25) is 5.78 Å². The van der Waals surface area contributed by atoms with Crippen LogP contribution >= 0.6 is 11.3 Å². The average molecular weight is 420 g/mol. The van der Waals surface area contributed by atoms with Crippen LogP contribution in [0.4, 0.5) is 16.6 Å². The molecule has 1 heterocycles. The number of anilines is 3. The number of hydrogen-bond acceptors (Lipinski definition) is 5. The van der Waals surface area contributed by atoms with Gasteiger partial charge in [-0.3, -0.25) is 4.79 Å². The van der Waals surface area contributed by atoms with Crippen LogP contribution in [0.3, 0.4) is 0 Å². The number of benzene rings is 3. The third kappa shape index (κ3) is 5.45. The van der Waals surface area contributed by atoms with Crippen LogP contribution in [0.2, 0.25) is 0 Å². The fourth-order valence-electron chi connectivity index (χ4n) is 2.86. The van der Waals surface area contributed by atoms with Crippen LogP contribution < -0.4 is 11.1 Å². The van der Waals surface area contributed by atoms with Crippen molar-refractivity contribution in [1.29, 1.82) is 0 Å². The van der Waals surface area contributed by atoms with Gasteiger partial charge >= 0.3 is 0 Å². The number of aryl methyl sites for hydroxylation is 1. The molecule has 0 atom stereocenters. The number of fused-ring (bicyclic) bond motifs is 1. The first kappa shape index (κ1) is 23.1. The number of carbonyl (C=O) groups excluding carboxylic acids is 1. The van der Waals surface area contributed by atoms with Crippen LogP contribution in [0.5, 0.6) is 0 Å². The number of thiazole rings is 1. The summed E-state index contributed by atoms with van der Waals surface area (Å²) in [4.78, 5) is 17.7. The highest BCUT2D eigenvalue weighted by atomic mass is 32.1. The van der Waals surface area contributed by atoms with E-state index in [1.54, 1.807) is 0 Å². The zero-order valence-electron chi connectivity index (χ0n) is 18.2. The second kappa shape index (κ2) is 11.1. The molecular weight excluding hydrogens is 390 g/mol. The van der Waals surface area contributed by atoms with Crippen LogP contribution in [-0.2, 0) is 0 Å². The normalized spacial score (nSPS) is 9.77. The van der Waals surface area contributed by atoms with Gasteiger partial charge in [-0.15, -0.1) is 0 Å². The van der Waals surface area contributed by atoms with Crippen molar-refractivity contribution in [1.82, 2.24) is 4.98 Å². The first-order chi connectivity index (χ1) is 14.6. The van der Waals surface area contributed by atoms with E-state index in [1.807, 2.05) is 101 Å². The molecule has 0 amide bonds. The van der Waals surface area contributed by atoms with Gasteiger partial charge in [0.05, 0.1) is 0 Å². The zero-order chi connectivity index (χ0) is 22.1. The van der Waals surface area contributed by atoms with Gasteiger partial charge in [-0.2, -0.15) is 0 Å². The summed E-state index contributed by atoms with van der Waals surface area (Å²) < 4.78 is 0. The lowest BCUT2D eigenvalue weighted by Gasteiger charge is -2.03. The molecule has 0 bridgehead atoms. The van der Waals surface area contributed by atoms with Crippen molar-refractivity contribution in [2.24, 2.45) is 0 Å². The van der Waals surface area contributed by atoms with Crippen LogP contribution in [0, 0.1) is 6.92 Å². The number of carbonyl (C=O) groups is 1. The number of nitrogens with zero attached hydrogens (tertiary/aromatic N) is 1. The molecule has 3 aromatic carbocycles. The van der Waals surface area contributed by atoms with Gasteiger partial charge in [0.25, 0.3) is 0 Å². The minimum Gasteiger partial charge on any atom is -0.382 e. The van der Waals surface area contributed by atoms with Gasteiger partial charge < -0.3 is 11.1 Å². The lowest BCUT2D eigenvalue weighted by Crippen LogP contribution is -2.02. The Morgan fingerprint density at radius 2 is 1.60 bits per heavy atom. The fourth-order valence-corrected chi connectivity index (χ4v) is 3.72. The number of aromatic nitrogens is 1. The third-order valence-corrected chi connectivity index (χ3v) is 5.13. The number of nitrogens with one attached hydrogen (secondary N) is 1. The molecule has 0 saturated carbocycles. The van der Waals surface area contributed by atoms with E-state index in [2.05, 4.69) is 10.3 Å². The standard InChI is InChI=1S/C21H17N3OS.2C2H6/c1-13-5-4-8-17(11-13)23-21-24-20(22)19(26-21)18(25)16-10-9-14-6-2-3-7-15(14)12-16;2*1-2/h2-12H,22H2,1H3,(H,23,24);2*1-2H3. The highest BCUT2D eigenvalue weighted by Gasteiger charge is 2.18.